The highest BCUT2D eigenvalue weighted by molar-refractivity contribution is 6.06. The van der Waals surface area contributed by atoms with Gasteiger partial charge in [0.05, 0.1) is 22.5 Å². The molecule has 3 fully saturated rings. The number of benzene rings is 8. The lowest BCUT2D eigenvalue weighted by molar-refractivity contribution is 0.312. The van der Waals surface area contributed by atoms with Crippen molar-refractivity contribution in [3.8, 4) is 67.2 Å². The molecule has 6 bridgehead atoms. The summed E-state index contributed by atoms with van der Waals surface area (Å²) >= 11 is 0. The van der Waals surface area contributed by atoms with Gasteiger partial charge in [-0.1, -0.05) is 147 Å². The van der Waals surface area contributed by atoms with Gasteiger partial charge in [0.25, 0.3) is 0 Å². The molecule has 4 aromatic heterocycles. The second-order valence-electron chi connectivity index (χ2n) is 29.0. The molecule has 428 valence electrons. The van der Waals surface area contributed by atoms with Crippen molar-refractivity contribution >= 4 is 21.9 Å². The molecule has 6 unspecified atom stereocenters. The lowest BCUT2D eigenvalue weighted by Crippen LogP contribution is -2.29. The summed E-state index contributed by atoms with van der Waals surface area (Å²) in [6.07, 6.45) is 19.3. The van der Waals surface area contributed by atoms with Crippen LogP contribution >= 0.6 is 0 Å². The van der Waals surface area contributed by atoms with Crippen molar-refractivity contribution < 1.29 is 4.42 Å². The van der Waals surface area contributed by atoms with E-state index in [0.29, 0.717) is 47.3 Å². The highest BCUT2D eigenvalue weighted by atomic mass is 16.3. The van der Waals surface area contributed by atoms with E-state index < -0.39 is 0 Å². The van der Waals surface area contributed by atoms with Crippen molar-refractivity contribution in [1.82, 2.24) is 15.0 Å². The molecule has 12 aliphatic carbocycles. The molecule has 12 aliphatic rings. The Bertz CT molecular complexity index is 5040. The molecule has 0 amide bonds. The molecule has 4 heteroatoms. The molecule has 6 atom stereocenters. The molecule has 0 saturated heterocycles. The van der Waals surface area contributed by atoms with E-state index in [1.54, 1.807) is 5.56 Å². The lowest BCUT2D eigenvalue weighted by atomic mass is 9.60. The van der Waals surface area contributed by atoms with Crippen LogP contribution < -0.4 is 0 Å². The minimum Gasteiger partial charge on any atom is -0.456 e. The number of furan rings is 1. The zero-order valence-corrected chi connectivity index (χ0v) is 50.5. The van der Waals surface area contributed by atoms with E-state index in [9.17, 15) is 0 Å². The summed E-state index contributed by atoms with van der Waals surface area (Å²) in [6.45, 7) is 4.87. The molecule has 0 aliphatic heterocycles. The van der Waals surface area contributed by atoms with Crippen molar-refractivity contribution in [3.05, 3.63) is 278 Å². The van der Waals surface area contributed by atoms with Crippen LogP contribution in [0, 0.1) is 0 Å². The molecular weight excluding hydrogens is 1080 g/mol. The highest BCUT2D eigenvalue weighted by Gasteiger charge is 2.52. The second-order valence-corrected chi connectivity index (χ2v) is 29.0. The predicted molar refractivity (Wildman–Crippen MR) is 358 cm³/mol. The number of pyridine rings is 3. The number of fused-ring (bicyclic) bond motifs is 22. The molecule has 4 nitrogen and oxygen atoms in total. The molecule has 24 rings (SSSR count). The van der Waals surface area contributed by atoms with Crippen LogP contribution in [0.4, 0.5) is 0 Å². The Kier molecular flexibility index (Phi) is 10.0. The topological polar surface area (TPSA) is 51.8 Å². The van der Waals surface area contributed by atoms with Gasteiger partial charge in [0.15, 0.2) is 0 Å². The molecule has 8 aromatic carbocycles. The largest absolute Gasteiger partial charge is 0.456 e. The van der Waals surface area contributed by atoms with Gasteiger partial charge in [0, 0.05) is 51.5 Å². The first-order valence-corrected chi connectivity index (χ1v) is 33.5. The van der Waals surface area contributed by atoms with E-state index in [-0.39, 0.29) is 10.8 Å². The summed E-state index contributed by atoms with van der Waals surface area (Å²) < 4.78 is 6.76. The number of rotatable bonds is 5. The SMILES string of the molecule is CC1(C)c2ccc(C3CC4CCC3c3cnc(-c5ccc6c(c5)C5(c7ccccc7-c7ccccc75)c5ccccc5-6)cc34)cc2-c2ccc(-c3cc4c(cn3)C3CCC4CC3c3ccc4c(c3)oc3cc(-c5cc6c(cn5)C5CCC6CC5)ccc34)cc21. The van der Waals surface area contributed by atoms with Gasteiger partial charge in [0.1, 0.15) is 11.2 Å². The predicted octanol–water partition coefficient (Wildman–Crippen LogP) is 21.5. The highest BCUT2D eigenvalue weighted by Crippen LogP contribution is 2.65. The third-order valence-corrected chi connectivity index (χ3v) is 24.8. The zero-order chi connectivity index (χ0) is 58.2. The zero-order valence-electron chi connectivity index (χ0n) is 50.5. The fourth-order valence-electron chi connectivity index (χ4n) is 20.6. The molecule has 3 saturated carbocycles. The summed E-state index contributed by atoms with van der Waals surface area (Å²) in [5, 5.41) is 2.38. The molecular formula is C85H67N3O. The molecule has 0 radical (unpaired) electrons. The van der Waals surface area contributed by atoms with Gasteiger partial charge in [0.2, 0.25) is 0 Å². The minimum absolute atomic E-state index is 0.121. The Morgan fingerprint density at radius 2 is 0.764 bits per heavy atom. The molecule has 89 heavy (non-hydrogen) atoms. The minimum atomic E-state index is -0.363. The molecule has 1 spiro atoms. The Morgan fingerprint density at radius 3 is 1.36 bits per heavy atom. The number of nitrogens with zero attached hydrogens (tertiary/aromatic N) is 3. The summed E-state index contributed by atoms with van der Waals surface area (Å²) in [7, 11) is 0. The number of aromatic nitrogens is 3. The van der Waals surface area contributed by atoms with E-state index in [0.717, 1.165) is 33.8 Å². The standard InChI is InChI=1S/C85H67N3O/c1-84(2)73-32-25-50(64-33-48-19-26-55(64)71-44-88-80(42-68(48)71)53-22-28-60-59-11-5-8-14-76(59)85(78(60)37-53)74-12-6-3-9-57(74)58-10-4-7-13-75(58)85)35-69(73)61-29-23-52(36-77(61)84)79-41-67-49-20-27-56(72(67)45-87-79)65(34-49)51-21-30-62-63-31-24-54(39-83(63)89-82(62)38-51)81-40-66-46-15-17-47(18-16-46)70(66)43-86-81/h3-14,21-25,28-32,35-49,55-56,64-65H,15-20,26-27,33-34H2,1-2H3. The smallest absolute Gasteiger partial charge is 0.136 e. The van der Waals surface area contributed by atoms with Crippen LogP contribution in [0.25, 0.3) is 89.1 Å². The summed E-state index contributed by atoms with van der Waals surface area (Å²) in [5.41, 5.74) is 36.7. The van der Waals surface area contributed by atoms with Crippen LogP contribution in [0.5, 0.6) is 0 Å². The summed E-state index contributed by atoms with van der Waals surface area (Å²) in [6, 6.07) is 70.6. The maximum atomic E-state index is 6.76. The third kappa shape index (κ3) is 6.72. The van der Waals surface area contributed by atoms with E-state index in [1.807, 2.05) is 0 Å². The van der Waals surface area contributed by atoms with Gasteiger partial charge in [-0.05, 0) is 271 Å². The summed E-state index contributed by atoms with van der Waals surface area (Å²) in [4.78, 5) is 15.8. The first-order chi connectivity index (χ1) is 43.8. The van der Waals surface area contributed by atoms with E-state index in [1.165, 1.54) is 192 Å². The lowest BCUT2D eigenvalue weighted by Gasteiger charge is -2.44. The van der Waals surface area contributed by atoms with Crippen molar-refractivity contribution in [2.45, 2.75) is 136 Å². The average molecular weight is 1150 g/mol. The quantitative estimate of drug-likeness (QED) is 0.172. The van der Waals surface area contributed by atoms with Gasteiger partial charge >= 0.3 is 0 Å². The van der Waals surface area contributed by atoms with E-state index in [2.05, 4.69) is 214 Å². The van der Waals surface area contributed by atoms with Crippen LogP contribution in [0.15, 0.2) is 205 Å². The molecule has 12 aromatic rings. The Labute approximate surface area is 520 Å². The van der Waals surface area contributed by atoms with E-state index in [4.69, 9.17) is 19.4 Å². The monoisotopic (exact) mass is 1150 g/mol. The number of hydrogen-bond acceptors (Lipinski definition) is 4. The van der Waals surface area contributed by atoms with Gasteiger partial charge in [-0.15, -0.1) is 0 Å². The maximum Gasteiger partial charge on any atom is 0.136 e. The maximum absolute atomic E-state index is 6.76. The Morgan fingerprint density at radius 1 is 0.326 bits per heavy atom. The Hall–Kier alpha value is -8.99. The van der Waals surface area contributed by atoms with Gasteiger partial charge in [-0.3, -0.25) is 15.0 Å². The van der Waals surface area contributed by atoms with Gasteiger partial charge in [-0.25, -0.2) is 0 Å². The first kappa shape index (κ1) is 49.9. The second kappa shape index (κ2) is 17.9. The van der Waals surface area contributed by atoms with Crippen LogP contribution in [0.1, 0.15) is 203 Å². The van der Waals surface area contributed by atoms with Gasteiger partial charge in [-0.2, -0.15) is 0 Å². The van der Waals surface area contributed by atoms with E-state index >= 15 is 0 Å². The van der Waals surface area contributed by atoms with Crippen LogP contribution in [0.2, 0.25) is 0 Å². The van der Waals surface area contributed by atoms with Crippen LogP contribution in [0.3, 0.4) is 0 Å². The van der Waals surface area contributed by atoms with Crippen molar-refractivity contribution in [1.29, 1.82) is 0 Å². The van der Waals surface area contributed by atoms with Crippen molar-refractivity contribution in [2.75, 3.05) is 0 Å². The fraction of sp³-hybridized carbons (Fsp3) is 0.259. The first-order valence-electron chi connectivity index (χ1n) is 33.5. The fourth-order valence-corrected chi connectivity index (χ4v) is 20.6. The average Bonchev–Trinajstić information content (AvgIpc) is 1.76. The summed E-state index contributed by atoms with van der Waals surface area (Å²) in [5.74, 6) is 4.29. The molecule has 4 heterocycles. The number of hydrogen-bond donors (Lipinski definition) is 0. The van der Waals surface area contributed by atoms with Crippen molar-refractivity contribution in [2.24, 2.45) is 0 Å². The van der Waals surface area contributed by atoms with Crippen LogP contribution in [-0.4, -0.2) is 15.0 Å². The van der Waals surface area contributed by atoms with Crippen LogP contribution in [-0.2, 0) is 10.8 Å². The molecule has 0 N–H and O–H groups in total. The van der Waals surface area contributed by atoms with Gasteiger partial charge < -0.3 is 4.42 Å². The normalized spacial score (nSPS) is 24.0. The Balaban J connectivity index is 0.553. The third-order valence-electron chi connectivity index (χ3n) is 24.8. The van der Waals surface area contributed by atoms with Crippen molar-refractivity contribution in [3.63, 3.8) is 0 Å².